The average molecular weight is 396 g/mol. The molecule has 2 aromatic rings. The van der Waals surface area contributed by atoms with Gasteiger partial charge >= 0.3 is 5.97 Å². The molecule has 6 heteroatoms. The Labute approximate surface area is 171 Å². The van der Waals surface area contributed by atoms with E-state index in [4.69, 9.17) is 4.74 Å². The first kappa shape index (κ1) is 19.8. The summed E-state index contributed by atoms with van der Waals surface area (Å²) in [4.78, 5) is 21.2. The van der Waals surface area contributed by atoms with E-state index in [9.17, 15) is 9.90 Å². The Hall–Kier alpha value is -2.47. The number of ether oxygens (including phenoxy) is 1. The first-order valence-corrected chi connectivity index (χ1v) is 10.4. The molecule has 0 bridgehead atoms. The molecule has 1 saturated heterocycles. The summed E-state index contributed by atoms with van der Waals surface area (Å²) < 4.78 is 7.39. The van der Waals surface area contributed by atoms with Gasteiger partial charge in [-0.25, -0.2) is 9.78 Å². The van der Waals surface area contributed by atoms with Crippen LogP contribution in [0.5, 0.6) is 0 Å². The molecule has 29 heavy (non-hydrogen) atoms. The Morgan fingerprint density at radius 2 is 2.14 bits per heavy atom. The molecule has 3 heterocycles. The van der Waals surface area contributed by atoms with Gasteiger partial charge in [0.1, 0.15) is 6.10 Å². The van der Waals surface area contributed by atoms with Crippen molar-refractivity contribution >= 4 is 12.0 Å². The van der Waals surface area contributed by atoms with E-state index in [1.807, 2.05) is 49.0 Å². The van der Waals surface area contributed by atoms with Gasteiger partial charge in [-0.1, -0.05) is 26.3 Å². The number of imidazole rings is 1. The quantitative estimate of drug-likeness (QED) is 0.801. The van der Waals surface area contributed by atoms with Crippen LogP contribution >= 0.6 is 0 Å². The third-order valence-electron chi connectivity index (χ3n) is 6.72. The Morgan fingerprint density at radius 3 is 2.76 bits per heavy atom. The summed E-state index contributed by atoms with van der Waals surface area (Å²) in [6.07, 6.45) is 10.9. The molecule has 1 saturated carbocycles. The molecule has 154 valence electrons. The SMILES string of the molecule is CC[C@H]1[C@H](/C=C/c2ccc(-n3cnc(C)c3)cn2)[C@@H]2[C@@H](C)OC(=O)[C@]2(O)C[C@@H]1C. The number of rotatable bonds is 4. The zero-order valence-corrected chi connectivity index (χ0v) is 17.4. The lowest BCUT2D eigenvalue weighted by molar-refractivity contribution is -0.160. The second kappa shape index (κ2) is 7.41. The van der Waals surface area contributed by atoms with Crippen molar-refractivity contribution in [2.75, 3.05) is 0 Å². The van der Waals surface area contributed by atoms with Crippen LogP contribution in [-0.2, 0) is 9.53 Å². The van der Waals surface area contributed by atoms with Gasteiger partial charge in [0.2, 0.25) is 0 Å². The molecule has 0 aromatic carbocycles. The molecule has 0 spiro atoms. The minimum atomic E-state index is -1.38. The number of esters is 1. The molecular weight excluding hydrogens is 366 g/mol. The summed E-state index contributed by atoms with van der Waals surface area (Å²) in [6, 6.07) is 3.98. The number of carbonyl (C=O) groups excluding carboxylic acids is 1. The van der Waals surface area contributed by atoms with E-state index in [0.29, 0.717) is 12.3 Å². The van der Waals surface area contributed by atoms with Gasteiger partial charge in [-0.05, 0) is 56.2 Å². The third-order valence-corrected chi connectivity index (χ3v) is 6.72. The molecule has 6 nitrogen and oxygen atoms in total. The number of nitrogens with zero attached hydrogens (tertiary/aromatic N) is 3. The van der Waals surface area contributed by atoms with Crippen molar-refractivity contribution in [1.29, 1.82) is 0 Å². The van der Waals surface area contributed by atoms with Gasteiger partial charge in [0.15, 0.2) is 5.60 Å². The van der Waals surface area contributed by atoms with Gasteiger partial charge in [-0.2, -0.15) is 0 Å². The fourth-order valence-electron chi connectivity index (χ4n) is 5.37. The van der Waals surface area contributed by atoms with Crippen molar-refractivity contribution in [3.05, 3.63) is 48.3 Å². The van der Waals surface area contributed by atoms with Crippen LogP contribution in [-0.4, -0.2) is 37.3 Å². The van der Waals surface area contributed by atoms with E-state index in [1.54, 1.807) is 6.33 Å². The first-order chi connectivity index (χ1) is 13.8. The summed E-state index contributed by atoms with van der Waals surface area (Å²) in [7, 11) is 0. The lowest BCUT2D eigenvalue weighted by atomic mass is 9.59. The summed E-state index contributed by atoms with van der Waals surface area (Å²) in [5.41, 5.74) is 1.38. The topological polar surface area (TPSA) is 77.2 Å². The molecule has 6 atom stereocenters. The second-order valence-electron chi connectivity index (χ2n) is 8.61. The smallest absolute Gasteiger partial charge is 0.338 e. The van der Waals surface area contributed by atoms with Gasteiger partial charge in [-0.3, -0.25) is 4.98 Å². The normalized spacial score (nSPS) is 34.4. The number of fused-ring (bicyclic) bond motifs is 1. The number of aromatic nitrogens is 3. The highest BCUT2D eigenvalue weighted by molar-refractivity contribution is 5.82. The zero-order chi connectivity index (χ0) is 20.8. The average Bonchev–Trinajstić information content (AvgIpc) is 3.21. The van der Waals surface area contributed by atoms with Gasteiger partial charge in [0, 0.05) is 12.1 Å². The molecule has 0 radical (unpaired) electrons. The van der Waals surface area contributed by atoms with Crippen LogP contribution in [0.2, 0.25) is 0 Å². The predicted octanol–water partition coefficient (Wildman–Crippen LogP) is 3.56. The highest BCUT2D eigenvalue weighted by Crippen LogP contribution is 2.52. The number of pyridine rings is 1. The van der Waals surface area contributed by atoms with Crippen LogP contribution in [0, 0.1) is 30.6 Å². The zero-order valence-electron chi connectivity index (χ0n) is 17.4. The van der Waals surface area contributed by atoms with E-state index in [-0.39, 0.29) is 23.9 Å². The lowest BCUT2D eigenvalue weighted by Gasteiger charge is -2.45. The van der Waals surface area contributed by atoms with Gasteiger partial charge < -0.3 is 14.4 Å². The van der Waals surface area contributed by atoms with Crippen molar-refractivity contribution < 1.29 is 14.6 Å². The minimum absolute atomic E-state index is 0.0629. The Bertz CT molecular complexity index is 920. The monoisotopic (exact) mass is 395 g/mol. The van der Waals surface area contributed by atoms with Crippen LogP contribution in [0.25, 0.3) is 11.8 Å². The van der Waals surface area contributed by atoms with Crippen molar-refractivity contribution in [3.8, 4) is 5.69 Å². The Kier molecular flexibility index (Phi) is 5.07. The van der Waals surface area contributed by atoms with Crippen molar-refractivity contribution in [1.82, 2.24) is 14.5 Å². The molecule has 0 amide bonds. The van der Waals surface area contributed by atoms with Crippen LogP contribution in [0.1, 0.15) is 45.0 Å². The Morgan fingerprint density at radius 1 is 1.34 bits per heavy atom. The summed E-state index contributed by atoms with van der Waals surface area (Å²) >= 11 is 0. The number of allylic oxidation sites excluding steroid dienone is 1. The number of hydrogen-bond donors (Lipinski definition) is 1. The third kappa shape index (κ3) is 3.39. The van der Waals surface area contributed by atoms with Crippen molar-refractivity contribution in [2.24, 2.45) is 23.7 Å². The number of hydrogen-bond acceptors (Lipinski definition) is 5. The van der Waals surface area contributed by atoms with Crippen LogP contribution in [0.3, 0.4) is 0 Å². The van der Waals surface area contributed by atoms with E-state index in [0.717, 1.165) is 23.5 Å². The highest BCUT2D eigenvalue weighted by atomic mass is 16.6. The molecule has 1 aliphatic heterocycles. The molecule has 1 aliphatic carbocycles. The van der Waals surface area contributed by atoms with Crippen LogP contribution in [0.15, 0.2) is 36.9 Å². The van der Waals surface area contributed by atoms with E-state index in [1.165, 1.54) is 0 Å². The Balaban J connectivity index is 1.60. The summed E-state index contributed by atoms with van der Waals surface area (Å²) in [5, 5.41) is 11.1. The highest BCUT2D eigenvalue weighted by Gasteiger charge is 2.62. The number of aliphatic hydroxyl groups is 1. The lowest BCUT2D eigenvalue weighted by Crippen LogP contribution is -2.53. The van der Waals surface area contributed by atoms with E-state index >= 15 is 0 Å². The van der Waals surface area contributed by atoms with Crippen LogP contribution in [0.4, 0.5) is 0 Å². The summed E-state index contributed by atoms with van der Waals surface area (Å²) in [6.45, 7) is 8.15. The fourth-order valence-corrected chi connectivity index (χ4v) is 5.37. The second-order valence-corrected chi connectivity index (χ2v) is 8.61. The molecule has 0 unspecified atom stereocenters. The number of cyclic esters (lactones) is 1. The molecule has 1 N–H and O–H groups in total. The molecular formula is C23H29N3O3. The van der Waals surface area contributed by atoms with Crippen LogP contribution < -0.4 is 0 Å². The van der Waals surface area contributed by atoms with Gasteiger partial charge in [0.05, 0.1) is 29.6 Å². The molecule has 4 rings (SSSR count). The molecule has 2 fully saturated rings. The fraction of sp³-hybridized carbons (Fsp3) is 0.522. The standard InChI is InChI=1S/C23H29N3O3/c1-5-19-14(2)10-23(28)21(16(4)29-22(23)27)20(19)9-7-17-6-8-18(11-24-17)26-12-15(3)25-13-26/h6-9,11-14,16,19-21,28H,5,10H2,1-4H3/b9-7+/t14-,16+,19+,20-,21-,23-/m0/s1. The number of aryl methyl sites for hydroxylation is 1. The predicted molar refractivity (Wildman–Crippen MR) is 110 cm³/mol. The van der Waals surface area contributed by atoms with Gasteiger partial charge in [0.25, 0.3) is 0 Å². The molecule has 2 aromatic heterocycles. The van der Waals surface area contributed by atoms with E-state index < -0.39 is 11.6 Å². The minimum Gasteiger partial charge on any atom is -0.460 e. The first-order valence-electron chi connectivity index (χ1n) is 10.4. The maximum absolute atomic E-state index is 12.4. The maximum atomic E-state index is 12.4. The van der Waals surface area contributed by atoms with Gasteiger partial charge in [-0.15, -0.1) is 0 Å². The number of carbonyl (C=O) groups is 1. The van der Waals surface area contributed by atoms with E-state index in [2.05, 4.69) is 29.9 Å². The van der Waals surface area contributed by atoms with Crippen molar-refractivity contribution in [3.63, 3.8) is 0 Å². The van der Waals surface area contributed by atoms with Crippen molar-refractivity contribution in [2.45, 2.75) is 52.2 Å². The largest absolute Gasteiger partial charge is 0.460 e. The maximum Gasteiger partial charge on any atom is 0.338 e. The summed E-state index contributed by atoms with van der Waals surface area (Å²) in [5.74, 6) is 0.0108. The molecule has 2 aliphatic rings.